The number of likely N-dealkylation sites (tertiary alicyclic amines) is 1. The van der Waals surface area contributed by atoms with E-state index in [0.29, 0.717) is 24.6 Å². The summed E-state index contributed by atoms with van der Waals surface area (Å²) >= 11 is 5.33. The summed E-state index contributed by atoms with van der Waals surface area (Å²) in [4.78, 5) is 17.8. The Morgan fingerprint density at radius 3 is 2.75 bits per heavy atom. The van der Waals surface area contributed by atoms with Gasteiger partial charge in [-0.05, 0) is 41.9 Å². The molecule has 0 saturated carbocycles. The third-order valence-corrected chi connectivity index (χ3v) is 4.26. The minimum absolute atomic E-state index is 0.242. The van der Waals surface area contributed by atoms with Gasteiger partial charge in [-0.1, -0.05) is 24.3 Å². The monoisotopic (exact) mass is 340 g/mol. The second-order valence-corrected chi connectivity index (χ2v) is 6.15. The molecule has 0 atom stereocenters. The lowest BCUT2D eigenvalue weighted by Crippen LogP contribution is -2.29. The highest BCUT2D eigenvalue weighted by atomic mass is 32.1. The summed E-state index contributed by atoms with van der Waals surface area (Å²) in [6, 6.07) is 11.9. The predicted molar refractivity (Wildman–Crippen MR) is 98.4 cm³/mol. The number of amides is 1. The number of hydrogen-bond donors (Lipinski definition) is 2. The zero-order valence-corrected chi connectivity index (χ0v) is 14.2. The van der Waals surface area contributed by atoms with Crippen molar-refractivity contribution in [1.82, 2.24) is 15.2 Å². The van der Waals surface area contributed by atoms with Crippen LogP contribution in [-0.2, 0) is 17.9 Å². The molecule has 1 amide bonds. The average molecular weight is 340 g/mol. The third-order valence-electron chi connectivity index (χ3n) is 4.01. The molecule has 2 N–H and O–H groups in total. The number of benzene rings is 1. The molecule has 1 aromatic heterocycles. The predicted octanol–water partition coefficient (Wildman–Crippen LogP) is 2.69. The van der Waals surface area contributed by atoms with Crippen LogP contribution in [0.2, 0.25) is 0 Å². The minimum atomic E-state index is 0.242. The van der Waals surface area contributed by atoms with Gasteiger partial charge in [-0.25, -0.2) is 0 Å². The fourth-order valence-electron chi connectivity index (χ4n) is 2.75. The summed E-state index contributed by atoms with van der Waals surface area (Å²) in [6.45, 7) is 2.13. The molecule has 1 aliphatic rings. The van der Waals surface area contributed by atoms with Crippen molar-refractivity contribution in [1.29, 1.82) is 0 Å². The van der Waals surface area contributed by atoms with Gasteiger partial charge >= 0.3 is 0 Å². The fourth-order valence-corrected chi connectivity index (χ4v) is 2.94. The zero-order chi connectivity index (χ0) is 16.8. The van der Waals surface area contributed by atoms with E-state index in [1.165, 1.54) is 0 Å². The summed E-state index contributed by atoms with van der Waals surface area (Å²) < 4.78 is 0. The normalized spacial score (nSPS) is 13.8. The molecule has 2 aromatic rings. The molecule has 3 rings (SSSR count). The fraction of sp³-hybridized carbons (Fsp3) is 0.278. The van der Waals surface area contributed by atoms with Crippen molar-refractivity contribution >= 4 is 28.9 Å². The number of nitrogens with zero attached hydrogens (tertiary/aromatic N) is 2. The van der Waals surface area contributed by atoms with Crippen LogP contribution in [0.15, 0.2) is 48.8 Å². The van der Waals surface area contributed by atoms with Crippen molar-refractivity contribution in [3.05, 3.63) is 59.9 Å². The Kier molecular flexibility index (Phi) is 5.38. The van der Waals surface area contributed by atoms with E-state index in [1.807, 2.05) is 29.2 Å². The van der Waals surface area contributed by atoms with E-state index >= 15 is 0 Å². The van der Waals surface area contributed by atoms with Gasteiger partial charge in [-0.15, -0.1) is 0 Å². The molecule has 0 unspecified atom stereocenters. The zero-order valence-electron chi connectivity index (χ0n) is 13.4. The number of rotatable bonds is 5. The van der Waals surface area contributed by atoms with Gasteiger partial charge in [0.2, 0.25) is 5.91 Å². The van der Waals surface area contributed by atoms with Crippen LogP contribution in [-0.4, -0.2) is 27.4 Å². The topological polar surface area (TPSA) is 57.3 Å². The molecule has 0 aliphatic carbocycles. The number of hydrogen-bond acceptors (Lipinski definition) is 3. The highest BCUT2D eigenvalue weighted by molar-refractivity contribution is 7.80. The molecule has 124 valence electrons. The van der Waals surface area contributed by atoms with E-state index in [0.717, 1.165) is 29.8 Å². The molecule has 1 saturated heterocycles. The van der Waals surface area contributed by atoms with E-state index in [4.69, 9.17) is 12.2 Å². The first-order valence-corrected chi connectivity index (χ1v) is 8.42. The van der Waals surface area contributed by atoms with Crippen molar-refractivity contribution in [2.45, 2.75) is 25.9 Å². The lowest BCUT2D eigenvalue weighted by atomic mass is 10.1. The van der Waals surface area contributed by atoms with E-state index < -0.39 is 0 Å². The van der Waals surface area contributed by atoms with Crippen LogP contribution in [0.3, 0.4) is 0 Å². The smallest absolute Gasteiger partial charge is 0.222 e. The molecule has 0 bridgehead atoms. The molecule has 1 aromatic carbocycles. The number of carbonyl (C=O) groups excluding carboxylic acids is 1. The molecule has 0 radical (unpaired) electrons. The summed E-state index contributed by atoms with van der Waals surface area (Å²) in [7, 11) is 0. The number of carbonyl (C=O) groups is 1. The van der Waals surface area contributed by atoms with E-state index in [-0.39, 0.29) is 5.91 Å². The third kappa shape index (κ3) is 4.29. The largest absolute Gasteiger partial charge is 0.358 e. The first kappa shape index (κ1) is 16.4. The van der Waals surface area contributed by atoms with Gasteiger partial charge in [-0.3, -0.25) is 9.78 Å². The average Bonchev–Trinajstić information content (AvgIpc) is 3.00. The van der Waals surface area contributed by atoms with E-state index in [1.54, 1.807) is 12.4 Å². The van der Waals surface area contributed by atoms with Gasteiger partial charge in [0.25, 0.3) is 0 Å². The molecule has 5 nitrogen and oxygen atoms in total. The van der Waals surface area contributed by atoms with Crippen LogP contribution in [0.5, 0.6) is 0 Å². The van der Waals surface area contributed by atoms with Gasteiger partial charge in [-0.2, -0.15) is 0 Å². The Hall–Kier alpha value is -2.47. The summed E-state index contributed by atoms with van der Waals surface area (Å²) in [5.74, 6) is 0.242. The van der Waals surface area contributed by atoms with Gasteiger partial charge in [0.1, 0.15) is 0 Å². The van der Waals surface area contributed by atoms with Crippen LogP contribution in [0.25, 0.3) is 0 Å². The molecular weight excluding hydrogens is 320 g/mol. The molecule has 6 heteroatoms. The molecule has 24 heavy (non-hydrogen) atoms. The Balaban J connectivity index is 1.58. The molecule has 1 fully saturated rings. The summed E-state index contributed by atoms with van der Waals surface area (Å²) in [6.07, 6.45) is 5.07. The second kappa shape index (κ2) is 7.88. The number of aromatic nitrogens is 1. The van der Waals surface area contributed by atoms with Crippen molar-refractivity contribution in [3.8, 4) is 0 Å². The van der Waals surface area contributed by atoms with Gasteiger partial charge < -0.3 is 15.5 Å². The lowest BCUT2D eigenvalue weighted by molar-refractivity contribution is -0.128. The first-order chi connectivity index (χ1) is 11.7. The Morgan fingerprint density at radius 2 is 2.04 bits per heavy atom. The van der Waals surface area contributed by atoms with Crippen LogP contribution in [0.4, 0.5) is 5.69 Å². The maximum absolute atomic E-state index is 11.8. The van der Waals surface area contributed by atoms with E-state index in [2.05, 4.69) is 27.8 Å². The number of nitrogens with one attached hydrogen (secondary N) is 2. The Morgan fingerprint density at radius 1 is 1.21 bits per heavy atom. The van der Waals surface area contributed by atoms with Gasteiger partial charge in [0, 0.05) is 32.3 Å². The number of pyridine rings is 1. The molecule has 0 spiro atoms. The quantitative estimate of drug-likeness (QED) is 0.820. The van der Waals surface area contributed by atoms with E-state index in [9.17, 15) is 4.79 Å². The summed E-state index contributed by atoms with van der Waals surface area (Å²) in [5, 5.41) is 6.87. The Bertz CT molecular complexity index is 720. The molecule has 1 aliphatic heterocycles. The highest BCUT2D eigenvalue weighted by Gasteiger charge is 2.20. The maximum atomic E-state index is 11.8. The summed E-state index contributed by atoms with van der Waals surface area (Å²) in [5.41, 5.74) is 3.16. The Labute approximate surface area is 147 Å². The van der Waals surface area contributed by atoms with Crippen molar-refractivity contribution in [2.24, 2.45) is 0 Å². The van der Waals surface area contributed by atoms with Crippen LogP contribution in [0.1, 0.15) is 24.0 Å². The van der Waals surface area contributed by atoms with Gasteiger partial charge in [0.15, 0.2) is 5.11 Å². The highest BCUT2D eigenvalue weighted by Crippen LogP contribution is 2.17. The second-order valence-electron chi connectivity index (χ2n) is 5.74. The first-order valence-electron chi connectivity index (χ1n) is 8.02. The maximum Gasteiger partial charge on any atom is 0.222 e. The van der Waals surface area contributed by atoms with Crippen LogP contribution in [0, 0.1) is 0 Å². The molecular formula is C18H20N4OS. The number of anilines is 1. The van der Waals surface area contributed by atoms with Crippen molar-refractivity contribution < 1.29 is 4.79 Å². The lowest BCUT2D eigenvalue weighted by Gasteiger charge is -2.19. The van der Waals surface area contributed by atoms with Crippen molar-refractivity contribution in [2.75, 3.05) is 11.9 Å². The number of thiocarbonyl (C=S) groups is 1. The SMILES string of the molecule is O=C1CCCN1Cc1ccccc1CNC(=S)Nc1cccnc1. The van der Waals surface area contributed by atoms with Gasteiger partial charge in [0.05, 0.1) is 11.9 Å². The molecule has 2 heterocycles. The van der Waals surface area contributed by atoms with Crippen molar-refractivity contribution in [3.63, 3.8) is 0 Å². The minimum Gasteiger partial charge on any atom is -0.358 e. The van der Waals surface area contributed by atoms with Crippen LogP contribution < -0.4 is 10.6 Å². The van der Waals surface area contributed by atoms with Crippen LogP contribution >= 0.6 is 12.2 Å². The standard InChI is InChI=1S/C18H20N4OS/c23-17-8-4-10-22(17)13-15-6-2-1-5-14(15)11-20-18(24)21-16-7-3-9-19-12-16/h1-3,5-7,9,12H,4,8,10-11,13H2,(H2,20,21,24).